The number of carbonyl (C=O) groups excluding carboxylic acids is 1. The van der Waals surface area contributed by atoms with Crippen LogP contribution in [0.4, 0.5) is 0 Å². The highest BCUT2D eigenvalue weighted by Crippen LogP contribution is 2.17. The van der Waals surface area contributed by atoms with Crippen LogP contribution in [0, 0.1) is 0 Å². The zero-order valence-electron chi connectivity index (χ0n) is 8.90. The molecule has 0 aliphatic carbocycles. The number of hydrogen-bond donors (Lipinski definition) is 1. The minimum absolute atomic E-state index is 0.0364. The van der Waals surface area contributed by atoms with Crippen LogP contribution in [0.3, 0.4) is 0 Å². The van der Waals surface area contributed by atoms with E-state index in [1.807, 2.05) is 4.57 Å². The van der Waals surface area contributed by atoms with Crippen LogP contribution in [0.2, 0.25) is 5.28 Å². The first-order valence-electron chi connectivity index (χ1n) is 5.22. The lowest BCUT2D eigenvalue weighted by atomic mass is 10.3. The molecule has 1 aliphatic heterocycles. The van der Waals surface area contributed by atoms with Crippen molar-refractivity contribution in [3.05, 3.63) is 17.2 Å². The predicted molar refractivity (Wildman–Crippen MR) is 64.6 cm³/mol. The number of rotatable bonds is 0. The highest BCUT2D eigenvalue weighted by atomic mass is 35.5. The second-order valence-electron chi connectivity index (χ2n) is 3.92. The second-order valence-corrected chi connectivity index (χ2v) is 4.83. The van der Waals surface area contributed by atoms with Gasteiger partial charge in [0.1, 0.15) is 5.65 Å². The maximum atomic E-state index is 11.5. The van der Waals surface area contributed by atoms with E-state index in [9.17, 15) is 4.79 Å². The molecule has 3 heterocycles. The maximum Gasteiger partial charge on any atom is 0.225 e. The molecule has 3 rings (SSSR count). The lowest BCUT2D eigenvalue weighted by molar-refractivity contribution is -0.120. The second kappa shape index (κ2) is 3.99. The molecule has 0 aromatic carbocycles. The average Bonchev–Trinajstić information content (AvgIpc) is 2.48. The molecule has 0 saturated carbocycles. The molecule has 84 valence electrons. The van der Waals surface area contributed by atoms with Gasteiger partial charge in [-0.15, -0.1) is 4.43 Å². The average molecular weight is 263 g/mol. The van der Waals surface area contributed by atoms with Crippen LogP contribution in [-0.4, -0.2) is 43.3 Å². The Kier molecular flexibility index (Phi) is 2.59. The number of nitrogens with one attached hydrogen (secondary N) is 1. The van der Waals surface area contributed by atoms with Crippen LogP contribution < -0.4 is 9.74 Å². The zero-order chi connectivity index (χ0) is 12.0. The molecule has 0 fully saturated rings. The van der Waals surface area contributed by atoms with E-state index in [4.69, 9.17) is 11.6 Å². The summed E-state index contributed by atoms with van der Waals surface area (Å²) in [5, 5.41) is 4.00. The van der Waals surface area contributed by atoms with Crippen molar-refractivity contribution in [1.29, 1.82) is 0 Å². The van der Waals surface area contributed by atoms with Crippen LogP contribution in [0.15, 0.2) is 6.20 Å². The van der Waals surface area contributed by atoms with Crippen molar-refractivity contribution in [2.45, 2.75) is 13.0 Å². The Bertz CT molecular complexity index is 624. The highest BCUT2D eigenvalue weighted by Gasteiger charge is 2.19. The Balaban J connectivity index is 2.31. The minimum Gasteiger partial charge on any atom is -0.354 e. The van der Waals surface area contributed by atoms with Crippen LogP contribution in [0.1, 0.15) is 5.69 Å². The molecule has 0 bridgehead atoms. The summed E-state index contributed by atoms with van der Waals surface area (Å²) in [6.45, 7) is 1.32. The van der Waals surface area contributed by atoms with Crippen molar-refractivity contribution in [3.63, 3.8) is 0 Å². The Morgan fingerprint density at radius 3 is 3.18 bits per heavy atom. The molecule has 1 amide bonds. The zero-order valence-corrected chi connectivity index (χ0v) is 10.8. The summed E-state index contributed by atoms with van der Waals surface area (Å²) in [6, 6.07) is 0. The van der Waals surface area contributed by atoms with Gasteiger partial charge in [0.25, 0.3) is 0 Å². The van der Waals surface area contributed by atoms with Crippen LogP contribution in [-0.2, 0) is 17.8 Å². The van der Waals surface area contributed by atoms with Gasteiger partial charge in [-0.2, -0.15) is 4.98 Å². The van der Waals surface area contributed by atoms with E-state index in [0.717, 1.165) is 21.2 Å². The lowest BCUT2D eigenvalue weighted by Gasteiger charge is -2.04. The van der Waals surface area contributed by atoms with Gasteiger partial charge >= 0.3 is 0 Å². The van der Waals surface area contributed by atoms with Crippen molar-refractivity contribution in [2.75, 3.05) is 6.54 Å². The number of aromatic nitrogens is 3. The summed E-state index contributed by atoms with van der Waals surface area (Å²) in [5.74, 6) is 0.0364. The fourth-order valence-corrected chi connectivity index (χ4v) is 2.72. The van der Waals surface area contributed by atoms with Crippen molar-refractivity contribution >= 4 is 49.3 Å². The number of halogens is 1. The fourth-order valence-electron chi connectivity index (χ4n) is 2.13. The largest absolute Gasteiger partial charge is 0.354 e. The van der Waals surface area contributed by atoms with Crippen molar-refractivity contribution in [1.82, 2.24) is 19.9 Å². The van der Waals surface area contributed by atoms with Gasteiger partial charge in [-0.05, 0) is 11.6 Å². The lowest BCUT2D eigenvalue weighted by Crippen LogP contribution is -2.25. The van der Waals surface area contributed by atoms with Crippen molar-refractivity contribution in [3.8, 4) is 0 Å². The van der Waals surface area contributed by atoms with Gasteiger partial charge in [0.2, 0.25) is 11.2 Å². The third-order valence-electron chi connectivity index (χ3n) is 2.91. The number of carbonyl (C=O) groups is 1. The van der Waals surface area contributed by atoms with Gasteiger partial charge in [-0.25, -0.2) is 4.98 Å². The number of amides is 1. The maximum absolute atomic E-state index is 11.5. The molecule has 1 aliphatic rings. The van der Waals surface area contributed by atoms with E-state index in [1.54, 1.807) is 6.20 Å². The van der Waals surface area contributed by atoms with E-state index in [1.165, 1.54) is 0 Å². The van der Waals surface area contributed by atoms with Gasteiger partial charge in [0.15, 0.2) is 16.3 Å². The monoisotopic (exact) mass is 262 g/mol. The molecule has 0 saturated heterocycles. The summed E-state index contributed by atoms with van der Waals surface area (Å²) in [7, 11) is 0. The molecule has 1 N–H and O–H groups in total. The number of hydrogen-bond acceptors (Lipinski definition) is 3. The first-order valence-corrected chi connectivity index (χ1v) is 6.18. The first kappa shape index (κ1) is 11.0. The van der Waals surface area contributed by atoms with Gasteiger partial charge in [0, 0.05) is 30.4 Å². The fraction of sp³-hybridized carbons (Fsp3) is 0.300. The Morgan fingerprint density at radius 2 is 2.35 bits per heavy atom. The van der Waals surface area contributed by atoms with E-state index in [-0.39, 0.29) is 11.2 Å². The quantitative estimate of drug-likeness (QED) is 0.517. The summed E-state index contributed by atoms with van der Waals surface area (Å²) >= 11 is 8.48. The van der Waals surface area contributed by atoms with Gasteiger partial charge in [0.05, 0.1) is 6.42 Å². The smallest absolute Gasteiger partial charge is 0.225 e. The molecule has 7 heteroatoms. The third-order valence-corrected chi connectivity index (χ3v) is 3.73. The molecule has 0 unspecified atom stereocenters. The molecule has 2 aromatic rings. The molecule has 2 radical (unpaired) electrons. The third kappa shape index (κ3) is 1.73. The standard InChI is InChI=1S/C10H8ClN4O.Al/c11-10-13-5-6-3-7-4-8(16)12-1-2-15(7)9(6)14-10;/h5H,1-2,4H2,(H,12,16);. The van der Waals surface area contributed by atoms with E-state index < -0.39 is 0 Å². The topological polar surface area (TPSA) is 59.8 Å². The van der Waals surface area contributed by atoms with Crippen molar-refractivity contribution in [2.24, 2.45) is 0 Å². The van der Waals surface area contributed by atoms with Gasteiger partial charge in [-0.1, -0.05) is 0 Å². The Hall–Kier alpha value is -1.09. The molecule has 17 heavy (non-hydrogen) atoms. The van der Waals surface area contributed by atoms with E-state index in [2.05, 4.69) is 31.6 Å². The predicted octanol–water partition coefficient (Wildman–Crippen LogP) is -0.449. The van der Waals surface area contributed by atoms with Gasteiger partial charge in [-0.3, -0.25) is 4.79 Å². The highest BCUT2D eigenvalue weighted by molar-refractivity contribution is 6.40. The SMILES string of the molecule is O=C1Cc2[c]([Al])c3cnc(Cl)nc3n2CCN1. The van der Waals surface area contributed by atoms with Crippen molar-refractivity contribution < 1.29 is 4.79 Å². The normalized spacial score (nSPS) is 15.5. The molecular formula is C10H8AlClN4O. The Labute approximate surface area is 111 Å². The number of fused-ring (bicyclic) bond motifs is 3. The van der Waals surface area contributed by atoms with Crippen LogP contribution in [0.25, 0.3) is 11.0 Å². The first-order chi connectivity index (χ1) is 8.16. The summed E-state index contributed by atoms with van der Waals surface area (Å²) in [6.07, 6.45) is 2.07. The summed E-state index contributed by atoms with van der Waals surface area (Å²) in [4.78, 5) is 19.8. The van der Waals surface area contributed by atoms with E-state index in [0.29, 0.717) is 19.5 Å². The molecule has 0 atom stereocenters. The van der Waals surface area contributed by atoms with Crippen LogP contribution >= 0.6 is 11.6 Å². The van der Waals surface area contributed by atoms with Crippen LogP contribution in [0.5, 0.6) is 0 Å². The molecule has 0 spiro atoms. The molecular weight excluding hydrogens is 255 g/mol. The molecule has 5 nitrogen and oxygen atoms in total. The molecule has 2 aromatic heterocycles. The summed E-state index contributed by atoms with van der Waals surface area (Å²) in [5.41, 5.74) is 1.76. The minimum atomic E-state index is 0.0364. The summed E-state index contributed by atoms with van der Waals surface area (Å²) < 4.78 is 3.01. The number of nitrogens with zero attached hydrogens (tertiary/aromatic N) is 3. The Morgan fingerprint density at radius 1 is 1.53 bits per heavy atom. The van der Waals surface area contributed by atoms with Gasteiger partial charge < -0.3 is 9.88 Å². The van der Waals surface area contributed by atoms with E-state index >= 15 is 0 Å².